The molecule has 0 N–H and O–H groups in total. The molecule has 0 fully saturated rings. The summed E-state index contributed by atoms with van der Waals surface area (Å²) in [5.41, 5.74) is 6.65. The summed E-state index contributed by atoms with van der Waals surface area (Å²) in [6, 6.07) is 33.8. The maximum Gasteiger partial charge on any atom is 0.162 e. The first-order chi connectivity index (χ1) is 16.7. The number of aromatic nitrogens is 3. The summed E-state index contributed by atoms with van der Waals surface area (Å²) < 4.78 is 0. The van der Waals surface area contributed by atoms with Crippen molar-refractivity contribution in [2.75, 3.05) is 0 Å². The molecule has 3 nitrogen and oxygen atoms in total. The van der Waals surface area contributed by atoms with Crippen LogP contribution in [0, 0.1) is 0 Å². The van der Waals surface area contributed by atoms with E-state index >= 15 is 0 Å². The average molecular weight is 478 g/mol. The molecule has 6 rings (SSSR count). The number of halogens is 2. The molecule has 3 aromatic carbocycles. The van der Waals surface area contributed by atoms with Gasteiger partial charge in [-0.1, -0.05) is 89.9 Å². The molecule has 6 aromatic rings. The second-order valence-corrected chi connectivity index (χ2v) is 8.76. The predicted octanol–water partition coefficient (Wildman–Crippen LogP) is 8.49. The van der Waals surface area contributed by atoms with Crippen molar-refractivity contribution in [1.29, 1.82) is 0 Å². The lowest BCUT2D eigenvalue weighted by molar-refractivity contribution is 1.27. The lowest BCUT2D eigenvalue weighted by Gasteiger charge is -2.13. The Morgan fingerprint density at radius 2 is 0.912 bits per heavy atom. The molecule has 0 radical (unpaired) electrons. The van der Waals surface area contributed by atoms with E-state index in [1.807, 2.05) is 78.9 Å². The van der Waals surface area contributed by atoms with Gasteiger partial charge in [0, 0.05) is 37.5 Å². The van der Waals surface area contributed by atoms with Crippen LogP contribution in [0.2, 0.25) is 10.0 Å². The topological polar surface area (TPSA) is 38.7 Å². The molecule has 0 amide bonds. The Balaban J connectivity index is 1.66. The molecular formula is C29H17Cl2N3. The van der Waals surface area contributed by atoms with Gasteiger partial charge in [-0.25, -0.2) is 15.0 Å². The van der Waals surface area contributed by atoms with Gasteiger partial charge in [0.1, 0.15) is 0 Å². The van der Waals surface area contributed by atoms with Crippen molar-refractivity contribution in [3.8, 4) is 33.6 Å². The standard InChI is InChI=1S/C29H17Cl2N3/c30-23-12-6-4-10-19(23)25-16-14-21-27(18-8-2-1-3-9-18)22-15-17-26(20-11-5-7-13-24(20)31)33-29(22)34-28(21)32-25/h1-17H. The van der Waals surface area contributed by atoms with Crippen LogP contribution in [0.15, 0.2) is 103 Å². The number of nitrogens with zero attached hydrogens (tertiary/aromatic N) is 3. The van der Waals surface area contributed by atoms with Gasteiger partial charge >= 0.3 is 0 Å². The molecule has 0 unspecified atom stereocenters. The zero-order valence-electron chi connectivity index (χ0n) is 17.9. The van der Waals surface area contributed by atoms with Crippen molar-refractivity contribution < 1.29 is 0 Å². The van der Waals surface area contributed by atoms with Crippen molar-refractivity contribution >= 4 is 45.3 Å². The molecule has 0 spiro atoms. The Kier molecular flexibility index (Phi) is 5.21. The summed E-state index contributed by atoms with van der Waals surface area (Å²) >= 11 is 12.9. The fourth-order valence-electron chi connectivity index (χ4n) is 4.26. The highest BCUT2D eigenvalue weighted by atomic mass is 35.5. The summed E-state index contributed by atoms with van der Waals surface area (Å²) in [6.45, 7) is 0. The van der Waals surface area contributed by atoms with Gasteiger partial charge in [0.25, 0.3) is 0 Å². The van der Waals surface area contributed by atoms with Gasteiger partial charge in [-0.05, 0) is 42.0 Å². The summed E-state index contributed by atoms with van der Waals surface area (Å²) in [4.78, 5) is 14.7. The molecule has 0 aliphatic carbocycles. The second kappa shape index (κ2) is 8.53. The second-order valence-electron chi connectivity index (χ2n) is 7.95. The predicted molar refractivity (Wildman–Crippen MR) is 141 cm³/mol. The van der Waals surface area contributed by atoms with Crippen LogP contribution in [0.25, 0.3) is 55.7 Å². The van der Waals surface area contributed by atoms with E-state index in [0.29, 0.717) is 21.3 Å². The minimum Gasteiger partial charge on any atom is -0.228 e. The van der Waals surface area contributed by atoms with Crippen LogP contribution in [0.1, 0.15) is 0 Å². The smallest absolute Gasteiger partial charge is 0.162 e. The molecule has 0 aliphatic rings. The van der Waals surface area contributed by atoms with Crippen LogP contribution in [0.5, 0.6) is 0 Å². The van der Waals surface area contributed by atoms with Crippen LogP contribution < -0.4 is 0 Å². The van der Waals surface area contributed by atoms with Crippen molar-refractivity contribution in [3.63, 3.8) is 0 Å². The van der Waals surface area contributed by atoms with Crippen molar-refractivity contribution in [1.82, 2.24) is 15.0 Å². The number of hydrogen-bond donors (Lipinski definition) is 0. The van der Waals surface area contributed by atoms with E-state index in [0.717, 1.165) is 44.4 Å². The van der Waals surface area contributed by atoms with Gasteiger partial charge in [-0.15, -0.1) is 0 Å². The third-order valence-corrected chi connectivity index (χ3v) is 6.52. The third kappa shape index (κ3) is 3.60. The molecule has 162 valence electrons. The van der Waals surface area contributed by atoms with E-state index in [-0.39, 0.29) is 0 Å². The molecule has 0 saturated heterocycles. The van der Waals surface area contributed by atoms with Crippen LogP contribution >= 0.6 is 23.2 Å². The number of fused-ring (bicyclic) bond motifs is 2. The highest BCUT2D eigenvalue weighted by Crippen LogP contribution is 2.37. The Bertz CT molecular complexity index is 1580. The largest absolute Gasteiger partial charge is 0.228 e. The highest BCUT2D eigenvalue weighted by molar-refractivity contribution is 6.33. The zero-order chi connectivity index (χ0) is 23.1. The van der Waals surface area contributed by atoms with E-state index < -0.39 is 0 Å². The molecule has 3 heterocycles. The first-order valence-corrected chi connectivity index (χ1v) is 11.6. The monoisotopic (exact) mass is 477 g/mol. The quantitative estimate of drug-likeness (QED) is 0.240. The van der Waals surface area contributed by atoms with Crippen molar-refractivity contribution in [2.24, 2.45) is 0 Å². The number of rotatable bonds is 3. The molecule has 34 heavy (non-hydrogen) atoms. The van der Waals surface area contributed by atoms with Gasteiger partial charge in [0.15, 0.2) is 11.3 Å². The van der Waals surface area contributed by atoms with E-state index in [2.05, 4.69) is 24.3 Å². The maximum atomic E-state index is 6.45. The molecular weight excluding hydrogens is 461 g/mol. The van der Waals surface area contributed by atoms with Crippen LogP contribution in [0.4, 0.5) is 0 Å². The summed E-state index contributed by atoms with van der Waals surface area (Å²) in [6.07, 6.45) is 0. The van der Waals surface area contributed by atoms with Crippen molar-refractivity contribution in [2.45, 2.75) is 0 Å². The summed E-state index contributed by atoms with van der Waals surface area (Å²) in [5.74, 6) is 0. The zero-order valence-corrected chi connectivity index (χ0v) is 19.4. The van der Waals surface area contributed by atoms with Crippen molar-refractivity contribution in [3.05, 3.63) is 113 Å². The number of pyridine rings is 3. The van der Waals surface area contributed by atoms with Crippen LogP contribution in [-0.4, -0.2) is 15.0 Å². The molecule has 3 aromatic heterocycles. The normalized spacial score (nSPS) is 11.2. The number of benzene rings is 3. The van der Waals surface area contributed by atoms with Crippen LogP contribution in [0.3, 0.4) is 0 Å². The first kappa shape index (κ1) is 20.8. The highest BCUT2D eigenvalue weighted by Gasteiger charge is 2.16. The minimum absolute atomic E-state index is 0.618. The lowest BCUT2D eigenvalue weighted by atomic mass is 9.97. The van der Waals surface area contributed by atoms with Gasteiger partial charge < -0.3 is 0 Å². The SMILES string of the molecule is Clc1ccccc1-c1ccc2c(-c3ccccc3)c3ccc(-c4ccccc4Cl)nc3nc2n1. The molecule has 0 bridgehead atoms. The van der Waals surface area contributed by atoms with Gasteiger partial charge in [0.2, 0.25) is 0 Å². The molecule has 0 atom stereocenters. The summed E-state index contributed by atoms with van der Waals surface area (Å²) in [7, 11) is 0. The Morgan fingerprint density at radius 3 is 1.41 bits per heavy atom. The Hall–Kier alpha value is -3.79. The minimum atomic E-state index is 0.618. The Morgan fingerprint density at radius 1 is 0.441 bits per heavy atom. The summed E-state index contributed by atoms with van der Waals surface area (Å²) in [5, 5.41) is 3.22. The van der Waals surface area contributed by atoms with Gasteiger partial charge in [-0.2, -0.15) is 0 Å². The fraction of sp³-hybridized carbons (Fsp3) is 0. The van der Waals surface area contributed by atoms with E-state index in [1.165, 1.54) is 0 Å². The fourth-order valence-corrected chi connectivity index (χ4v) is 4.72. The van der Waals surface area contributed by atoms with Gasteiger partial charge in [0.05, 0.1) is 11.4 Å². The molecule has 0 aliphatic heterocycles. The molecule has 5 heteroatoms. The lowest BCUT2D eigenvalue weighted by Crippen LogP contribution is -1.96. The Labute approximate surface area is 206 Å². The van der Waals surface area contributed by atoms with E-state index in [4.69, 9.17) is 38.2 Å². The van der Waals surface area contributed by atoms with Crippen LogP contribution in [-0.2, 0) is 0 Å². The third-order valence-electron chi connectivity index (χ3n) is 5.86. The molecule has 0 saturated carbocycles. The maximum absolute atomic E-state index is 6.45. The van der Waals surface area contributed by atoms with Gasteiger partial charge in [-0.3, -0.25) is 0 Å². The van der Waals surface area contributed by atoms with E-state index in [1.54, 1.807) is 0 Å². The first-order valence-electron chi connectivity index (χ1n) is 10.9. The van der Waals surface area contributed by atoms with E-state index in [9.17, 15) is 0 Å². The number of hydrogen-bond acceptors (Lipinski definition) is 3. The average Bonchev–Trinajstić information content (AvgIpc) is 2.88.